The van der Waals surface area contributed by atoms with E-state index >= 15 is 0 Å². The number of amides is 1. The largest absolute Gasteiger partial charge is 0.331 e. The molecular formula is C17H20N4O3. The number of carbonyl (C=O) groups is 1. The molecular weight excluding hydrogens is 308 g/mol. The molecule has 1 aliphatic rings. The minimum absolute atomic E-state index is 0.00157. The van der Waals surface area contributed by atoms with E-state index in [0.717, 1.165) is 18.2 Å². The Kier molecular flexibility index (Phi) is 3.87. The van der Waals surface area contributed by atoms with Crippen LogP contribution in [0.4, 0.5) is 5.69 Å². The summed E-state index contributed by atoms with van der Waals surface area (Å²) in [5, 5.41) is 14.6. The highest BCUT2D eigenvalue weighted by Crippen LogP contribution is 2.31. The third-order valence-electron chi connectivity index (χ3n) is 4.47. The number of carbonyl (C=O) groups excluding carboxylic acids is 1. The standard InChI is InChI=1S/C17H20N4O3/c1-12-4-5-13-7-17(2,3)20(9-14(13)6-12)16(22)11-19-10-15(8-18-19)21(23)24/h4-6,8,10H,7,9,11H2,1-3H3. The van der Waals surface area contributed by atoms with E-state index in [1.54, 1.807) is 0 Å². The summed E-state index contributed by atoms with van der Waals surface area (Å²) in [6.07, 6.45) is 3.23. The van der Waals surface area contributed by atoms with Crippen LogP contribution in [-0.4, -0.2) is 31.0 Å². The van der Waals surface area contributed by atoms with Gasteiger partial charge < -0.3 is 4.90 Å². The molecule has 2 heterocycles. The highest BCUT2D eigenvalue weighted by molar-refractivity contribution is 5.77. The van der Waals surface area contributed by atoms with Crippen LogP contribution in [0.25, 0.3) is 0 Å². The van der Waals surface area contributed by atoms with Crippen LogP contribution in [0.1, 0.15) is 30.5 Å². The Balaban J connectivity index is 1.81. The van der Waals surface area contributed by atoms with Crippen molar-refractivity contribution in [2.24, 2.45) is 0 Å². The van der Waals surface area contributed by atoms with Crippen molar-refractivity contribution in [1.29, 1.82) is 0 Å². The summed E-state index contributed by atoms with van der Waals surface area (Å²) in [6, 6.07) is 6.34. The second-order valence-electron chi connectivity index (χ2n) is 6.89. The Morgan fingerprint density at radius 1 is 1.38 bits per heavy atom. The van der Waals surface area contributed by atoms with E-state index in [4.69, 9.17) is 0 Å². The van der Waals surface area contributed by atoms with E-state index in [1.165, 1.54) is 22.0 Å². The Labute approximate surface area is 140 Å². The van der Waals surface area contributed by atoms with Gasteiger partial charge in [-0.2, -0.15) is 5.10 Å². The molecule has 7 nitrogen and oxygen atoms in total. The van der Waals surface area contributed by atoms with Crippen LogP contribution >= 0.6 is 0 Å². The predicted octanol–water partition coefficient (Wildman–Crippen LogP) is 2.46. The van der Waals surface area contributed by atoms with Crippen molar-refractivity contribution in [3.8, 4) is 0 Å². The van der Waals surface area contributed by atoms with E-state index < -0.39 is 4.92 Å². The third-order valence-corrected chi connectivity index (χ3v) is 4.47. The molecule has 2 aromatic rings. The molecule has 3 rings (SSSR count). The monoisotopic (exact) mass is 328 g/mol. The van der Waals surface area contributed by atoms with Crippen LogP contribution in [0.5, 0.6) is 0 Å². The molecule has 0 saturated heterocycles. The fraction of sp³-hybridized carbons (Fsp3) is 0.412. The molecule has 0 unspecified atom stereocenters. The topological polar surface area (TPSA) is 81.3 Å². The Morgan fingerprint density at radius 2 is 2.12 bits per heavy atom. The fourth-order valence-electron chi connectivity index (χ4n) is 3.20. The summed E-state index contributed by atoms with van der Waals surface area (Å²) < 4.78 is 1.32. The highest BCUT2D eigenvalue weighted by atomic mass is 16.6. The van der Waals surface area contributed by atoms with Crippen LogP contribution in [0.3, 0.4) is 0 Å². The van der Waals surface area contributed by atoms with Crippen molar-refractivity contribution in [3.05, 3.63) is 57.4 Å². The zero-order chi connectivity index (χ0) is 17.5. The number of hydrogen-bond acceptors (Lipinski definition) is 4. The molecule has 0 atom stereocenters. The number of nitrogens with zero attached hydrogens (tertiary/aromatic N) is 4. The number of rotatable bonds is 3. The van der Waals surface area contributed by atoms with Crippen molar-refractivity contribution in [2.75, 3.05) is 0 Å². The molecule has 0 aliphatic carbocycles. The minimum Gasteiger partial charge on any atom is -0.331 e. The van der Waals surface area contributed by atoms with Crippen LogP contribution in [0.15, 0.2) is 30.6 Å². The highest BCUT2D eigenvalue weighted by Gasteiger charge is 2.36. The lowest BCUT2D eigenvalue weighted by Crippen LogP contribution is -2.52. The lowest BCUT2D eigenvalue weighted by Gasteiger charge is -2.43. The van der Waals surface area contributed by atoms with E-state index in [0.29, 0.717) is 6.54 Å². The summed E-state index contributed by atoms with van der Waals surface area (Å²) >= 11 is 0. The molecule has 7 heteroatoms. The van der Waals surface area contributed by atoms with Gasteiger partial charge in [-0.05, 0) is 38.3 Å². The smallest absolute Gasteiger partial charge is 0.307 e. The molecule has 0 radical (unpaired) electrons. The maximum atomic E-state index is 12.8. The number of aromatic nitrogens is 2. The molecule has 126 valence electrons. The first-order chi connectivity index (χ1) is 11.3. The number of nitro groups is 1. The first-order valence-corrected chi connectivity index (χ1v) is 7.82. The van der Waals surface area contributed by atoms with Crippen molar-refractivity contribution >= 4 is 11.6 Å². The summed E-state index contributed by atoms with van der Waals surface area (Å²) in [5.74, 6) is -0.0924. The Morgan fingerprint density at radius 3 is 2.79 bits per heavy atom. The summed E-state index contributed by atoms with van der Waals surface area (Å²) in [4.78, 5) is 24.8. The van der Waals surface area contributed by atoms with Gasteiger partial charge in [0.05, 0.1) is 4.92 Å². The fourth-order valence-corrected chi connectivity index (χ4v) is 3.20. The van der Waals surface area contributed by atoms with Crippen LogP contribution < -0.4 is 0 Å². The molecule has 0 saturated carbocycles. The number of fused-ring (bicyclic) bond motifs is 1. The van der Waals surface area contributed by atoms with E-state index in [-0.39, 0.29) is 23.7 Å². The lowest BCUT2D eigenvalue weighted by atomic mass is 9.85. The molecule has 0 fully saturated rings. The van der Waals surface area contributed by atoms with Gasteiger partial charge in [0.25, 0.3) is 0 Å². The molecule has 0 bridgehead atoms. The maximum Gasteiger partial charge on any atom is 0.307 e. The van der Waals surface area contributed by atoms with Gasteiger partial charge in [0.15, 0.2) is 0 Å². The lowest BCUT2D eigenvalue weighted by molar-refractivity contribution is -0.385. The first kappa shape index (κ1) is 16.2. The maximum absolute atomic E-state index is 12.8. The molecule has 24 heavy (non-hydrogen) atoms. The third kappa shape index (κ3) is 3.02. The van der Waals surface area contributed by atoms with Crippen molar-refractivity contribution in [1.82, 2.24) is 14.7 Å². The zero-order valence-corrected chi connectivity index (χ0v) is 14.0. The molecule has 0 N–H and O–H groups in total. The van der Waals surface area contributed by atoms with Crippen LogP contribution in [0.2, 0.25) is 0 Å². The first-order valence-electron chi connectivity index (χ1n) is 7.82. The van der Waals surface area contributed by atoms with Gasteiger partial charge in [-0.15, -0.1) is 0 Å². The minimum atomic E-state index is -0.516. The molecule has 1 aromatic carbocycles. The molecule has 1 aromatic heterocycles. The molecule has 1 amide bonds. The van der Waals surface area contributed by atoms with Crippen molar-refractivity contribution in [3.63, 3.8) is 0 Å². The summed E-state index contributed by atoms with van der Waals surface area (Å²) in [6.45, 7) is 6.66. The van der Waals surface area contributed by atoms with Gasteiger partial charge in [0.2, 0.25) is 5.91 Å². The number of benzene rings is 1. The summed E-state index contributed by atoms with van der Waals surface area (Å²) in [5.41, 5.74) is 3.18. The van der Waals surface area contributed by atoms with E-state index in [2.05, 4.69) is 23.3 Å². The normalized spacial score (nSPS) is 15.9. The number of hydrogen-bond donors (Lipinski definition) is 0. The molecule has 1 aliphatic heterocycles. The van der Waals surface area contributed by atoms with Gasteiger partial charge in [-0.1, -0.05) is 23.8 Å². The van der Waals surface area contributed by atoms with Gasteiger partial charge in [-0.25, -0.2) is 0 Å². The SMILES string of the molecule is Cc1ccc2c(c1)CN(C(=O)Cn1cc([N+](=O)[O-])cn1)C(C)(C)C2. The predicted molar refractivity (Wildman–Crippen MR) is 88.4 cm³/mol. The Bertz CT molecular complexity index is 810. The van der Waals surface area contributed by atoms with Crippen LogP contribution in [0, 0.1) is 17.0 Å². The van der Waals surface area contributed by atoms with Gasteiger partial charge >= 0.3 is 5.69 Å². The van der Waals surface area contributed by atoms with Gasteiger partial charge in [-0.3, -0.25) is 19.6 Å². The van der Waals surface area contributed by atoms with Crippen molar-refractivity contribution in [2.45, 2.75) is 45.8 Å². The summed E-state index contributed by atoms with van der Waals surface area (Å²) in [7, 11) is 0. The average molecular weight is 328 g/mol. The van der Waals surface area contributed by atoms with Crippen LogP contribution in [-0.2, 0) is 24.3 Å². The van der Waals surface area contributed by atoms with Gasteiger partial charge in [0.1, 0.15) is 18.9 Å². The van der Waals surface area contributed by atoms with Crippen molar-refractivity contribution < 1.29 is 9.72 Å². The second-order valence-corrected chi connectivity index (χ2v) is 6.89. The van der Waals surface area contributed by atoms with Gasteiger partial charge in [0, 0.05) is 12.1 Å². The second kappa shape index (κ2) is 5.74. The number of aryl methyl sites for hydroxylation is 1. The average Bonchev–Trinajstić information content (AvgIpc) is 2.95. The zero-order valence-electron chi connectivity index (χ0n) is 14.0. The van der Waals surface area contributed by atoms with E-state index in [9.17, 15) is 14.9 Å². The van der Waals surface area contributed by atoms with E-state index in [1.807, 2.05) is 25.7 Å². The molecule has 0 spiro atoms. The quantitative estimate of drug-likeness (QED) is 0.640. The Hall–Kier alpha value is -2.70.